The Labute approximate surface area is 146 Å². The first-order valence-corrected chi connectivity index (χ1v) is 7.78. The molecular formula is C19H19NO5. The van der Waals surface area contributed by atoms with E-state index in [-0.39, 0.29) is 0 Å². The van der Waals surface area contributed by atoms with Crippen LogP contribution in [-0.2, 0) is 14.3 Å². The first-order chi connectivity index (χ1) is 12.2. The van der Waals surface area contributed by atoms with Crippen molar-refractivity contribution in [1.29, 1.82) is 0 Å². The molecule has 0 fully saturated rings. The number of nitrogens with zero attached hydrogens (tertiary/aromatic N) is 1. The van der Waals surface area contributed by atoms with Crippen molar-refractivity contribution in [1.82, 2.24) is 0 Å². The maximum Gasteiger partial charge on any atom is 0.335 e. The average molecular weight is 341 g/mol. The van der Waals surface area contributed by atoms with Crippen LogP contribution in [0.1, 0.15) is 17.2 Å². The Kier molecular flexibility index (Phi) is 4.88. The summed E-state index contributed by atoms with van der Waals surface area (Å²) >= 11 is 0. The van der Waals surface area contributed by atoms with Crippen molar-refractivity contribution in [3.05, 3.63) is 59.7 Å². The topological polar surface area (TPSA) is 66.4 Å². The Balaban J connectivity index is 2.05. The van der Waals surface area contributed by atoms with Crippen LogP contribution in [0.3, 0.4) is 0 Å². The van der Waals surface area contributed by atoms with Crippen LogP contribution in [0.15, 0.2) is 53.5 Å². The number of ether oxygens (including phenoxy) is 4. The predicted molar refractivity (Wildman–Crippen MR) is 92.2 cm³/mol. The molecular weight excluding hydrogens is 322 g/mol. The number of rotatable bonds is 5. The molecule has 6 heteroatoms. The van der Waals surface area contributed by atoms with E-state index in [1.54, 1.807) is 26.4 Å². The summed E-state index contributed by atoms with van der Waals surface area (Å²) in [6, 6.07) is 14.0. The van der Waals surface area contributed by atoms with E-state index in [2.05, 4.69) is 4.99 Å². The molecule has 0 aromatic heterocycles. The van der Waals surface area contributed by atoms with Gasteiger partial charge >= 0.3 is 5.97 Å². The number of benzene rings is 2. The van der Waals surface area contributed by atoms with E-state index < -0.39 is 18.1 Å². The molecule has 1 heterocycles. The lowest BCUT2D eigenvalue weighted by molar-refractivity contribution is -0.143. The molecule has 0 saturated heterocycles. The standard InChI is InChI=1S/C19H19NO5/c1-22-13-10-7-11-14(23-2)15(13)18-20-16(19(21)24-3)17(25-18)12-8-5-4-6-9-12/h4-11,16-17H,1-3H3/t16-,17-/m0/s1. The molecule has 0 saturated carbocycles. The second kappa shape index (κ2) is 7.25. The quantitative estimate of drug-likeness (QED) is 0.783. The number of aliphatic imine (C=N–C) groups is 1. The molecule has 3 rings (SSSR count). The fourth-order valence-electron chi connectivity index (χ4n) is 2.78. The Morgan fingerprint density at radius 2 is 1.60 bits per heavy atom. The minimum Gasteiger partial charge on any atom is -0.496 e. The summed E-state index contributed by atoms with van der Waals surface area (Å²) < 4.78 is 21.8. The van der Waals surface area contributed by atoms with E-state index in [4.69, 9.17) is 18.9 Å². The summed E-state index contributed by atoms with van der Waals surface area (Å²) in [5.74, 6) is 0.933. The van der Waals surface area contributed by atoms with Gasteiger partial charge in [-0.2, -0.15) is 0 Å². The fourth-order valence-corrected chi connectivity index (χ4v) is 2.78. The molecule has 0 radical (unpaired) electrons. The first-order valence-electron chi connectivity index (χ1n) is 7.78. The zero-order valence-electron chi connectivity index (χ0n) is 14.3. The molecule has 2 aromatic rings. The smallest absolute Gasteiger partial charge is 0.335 e. The molecule has 0 aliphatic carbocycles. The van der Waals surface area contributed by atoms with Gasteiger partial charge in [-0.15, -0.1) is 0 Å². The number of methoxy groups -OCH3 is 3. The van der Waals surface area contributed by atoms with Crippen molar-refractivity contribution < 1.29 is 23.7 Å². The van der Waals surface area contributed by atoms with E-state index in [1.807, 2.05) is 36.4 Å². The van der Waals surface area contributed by atoms with Gasteiger partial charge in [-0.25, -0.2) is 9.79 Å². The lowest BCUT2D eigenvalue weighted by Gasteiger charge is -2.17. The molecule has 6 nitrogen and oxygen atoms in total. The fraction of sp³-hybridized carbons (Fsp3) is 0.263. The molecule has 0 amide bonds. The van der Waals surface area contributed by atoms with Gasteiger partial charge in [0.2, 0.25) is 5.90 Å². The van der Waals surface area contributed by atoms with Crippen LogP contribution < -0.4 is 9.47 Å². The third-order valence-electron chi connectivity index (χ3n) is 3.99. The van der Waals surface area contributed by atoms with Crippen LogP contribution in [0, 0.1) is 0 Å². The third-order valence-corrected chi connectivity index (χ3v) is 3.99. The Hall–Kier alpha value is -3.02. The summed E-state index contributed by atoms with van der Waals surface area (Å²) in [4.78, 5) is 16.7. The van der Waals surface area contributed by atoms with Crippen LogP contribution in [0.4, 0.5) is 0 Å². The van der Waals surface area contributed by atoms with Crippen LogP contribution in [0.25, 0.3) is 0 Å². The third kappa shape index (κ3) is 3.15. The van der Waals surface area contributed by atoms with Gasteiger partial charge in [0, 0.05) is 0 Å². The van der Waals surface area contributed by atoms with E-state index >= 15 is 0 Å². The number of hydrogen-bond donors (Lipinski definition) is 0. The van der Waals surface area contributed by atoms with E-state index in [9.17, 15) is 4.79 Å². The molecule has 0 spiro atoms. The molecule has 2 atom stereocenters. The maximum absolute atomic E-state index is 12.2. The van der Waals surface area contributed by atoms with E-state index in [0.717, 1.165) is 5.56 Å². The summed E-state index contributed by atoms with van der Waals surface area (Å²) in [5.41, 5.74) is 1.41. The number of hydrogen-bond acceptors (Lipinski definition) is 6. The number of carbonyl (C=O) groups excluding carboxylic acids is 1. The minimum atomic E-state index is -0.794. The van der Waals surface area contributed by atoms with Crippen LogP contribution >= 0.6 is 0 Å². The lowest BCUT2D eigenvalue weighted by atomic mass is 10.0. The van der Waals surface area contributed by atoms with Crippen molar-refractivity contribution in [2.75, 3.05) is 21.3 Å². The van der Waals surface area contributed by atoms with Crippen molar-refractivity contribution in [3.8, 4) is 11.5 Å². The van der Waals surface area contributed by atoms with Gasteiger partial charge in [-0.1, -0.05) is 36.4 Å². The van der Waals surface area contributed by atoms with Crippen LogP contribution in [-0.4, -0.2) is 39.2 Å². The van der Waals surface area contributed by atoms with E-state index in [0.29, 0.717) is 23.0 Å². The van der Waals surface area contributed by atoms with Gasteiger partial charge < -0.3 is 18.9 Å². The van der Waals surface area contributed by atoms with Gasteiger partial charge in [0.25, 0.3) is 0 Å². The van der Waals surface area contributed by atoms with Crippen molar-refractivity contribution in [3.63, 3.8) is 0 Å². The lowest BCUT2D eigenvalue weighted by Crippen LogP contribution is -2.25. The van der Waals surface area contributed by atoms with Crippen LogP contribution in [0.5, 0.6) is 11.5 Å². The minimum absolute atomic E-state index is 0.290. The largest absolute Gasteiger partial charge is 0.496 e. The molecule has 1 aliphatic heterocycles. The van der Waals surface area contributed by atoms with Gasteiger partial charge in [-0.3, -0.25) is 0 Å². The average Bonchev–Trinajstić information content (AvgIpc) is 3.12. The Morgan fingerprint density at radius 1 is 0.960 bits per heavy atom. The molecule has 2 aromatic carbocycles. The highest BCUT2D eigenvalue weighted by Gasteiger charge is 2.40. The second-order valence-electron chi connectivity index (χ2n) is 5.39. The maximum atomic E-state index is 12.2. The zero-order chi connectivity index (χ0) is 17.8. The normalized spacial score (nSPS) is 18.9. The summed E-state index contributed by atoms with van der Waals surface area (Å²) in [5, 5.41) is 0. The molecule has 1 aliphatic rings. The van der Waals surface area contributed by atoms with E-state index in [1.165, 1.54) is 7.11 Å². The van der Waals surface area contributed by atoms with Crippen molar-refractivity contribution >= 4 is 11.9 Å². The van der Waals surface area contributed by atoms with Gasteiger partial charge in [0.05, 0.1) is 21.3 Å². The number of esters is 1. The summed E-state index contributed by atoms with van der Waals surface area (Å²) in [6.07, 6.45) is -0.571. The van der Waals surface area contributed by atoms with Gasteiger partial charge in [0.1, 0.15) is 17.1 Å². The van der Waals surface area contributed by atoms with Gasteiger partial charge in [0.15, 0.2) is 12.1 Å². The molecule has 0 unspecified atom stereocenters. The SMILES string of the molecule is COC(=O)[C@H]1N=C(c2c(OC)cccc2OC)O[C@H]1c1ccccc1. The monoisotopic (exact) mass is 341 g/mol. The predicted octanol–water partition coefficient (Wildman–Crippen LogP) is 2.76. The summed E-state index contributed by atoms with van der Waals surface area (Å²) in [6.45, 7) is 0. The van der Waals surface area contributed by atoms with Crippen molar-refractivity contribution in [2.24, 2.45) is 4.99 Å². The molecule has 130 valence electrons. The van der Waals surface area contributed by atoms with Crippen LogP contribution in [0.2, 0.25) is 0 Å². The Morgan fingerprint density at radius 3 is 2.16 bits per heavy atom. The Bertz CT molecular complexity index is 765. The summed E-state index contributed by atoms with van der Waals surface area (Å²) in [7, 11) is 4.45. The molecule has 0 N–H and O–H groups in total. The highest BCUT2D eigenvalue weighted by molar-refractivity contribution is 6.02. The first kappa shape index (κ1) is 16.8. The number of carbonyl (C=O) groups is 1. The molecule has 25 heavy (non-hydrogen) atoms. The van der Waals surface area contributed by atoms with Crippen molar-refractivity contribution in [2.45, 2.75) is 12.1 Å². The van der Waals surface area contributed by atoms with Gasteiger partial charge in [-0.05, 0) is 17.7 Å². The highest BCUT2D eigenvalue weighted by Crippen LogP contribution is 2.37. The second-order valence-corrected chi connectivity index (χ2v) is 5.39. The zero-order valence-corrected chi connectivity index (χ0v) is 14.3. The molecule has 0 bridgehead atoms. The highest BCUT2D eigenvalue weighted by atomic mass is 16.5.